The molecule has 33 heavy (non-hydrogen) atoms. The van der Waals surface area contributed by atoms with Crippen molar-refractivity contribution in [3.05, 3.63) is 77.5 Å². The van der Waals surface area contributed by atoms with Gasteiger partial charge in [0.15, 0.2) is 29.2 Å². The highest BCUT2D eigenvalue weighted by atomic mass is 19.1. The minimum atomic E-state index is -0.415. The molecule has 0 saturated carbocycles. The van der Waals surface area contributed by atoms with E-state index in [0.29, 0.717) is 44.0 Å². The number of rotatable bonds is 9. The highest BCUT2D eigenvalue weighted by molar-refractivity contribution is 5.76. The van der Waals surface area contributed by atoms with E-state index in [0.717, 1.165) is 16.9 Å². The summed E-state index contributed by atoms with van der Waals surface area (Å²) in [5, 5.41) is 0. The van der Waals surface area contributed by atoms with Gasteiger partial charge in [0.25, 0.3) is 0 Å². The van der Waals surface area contributed by atoms with Crippen molar-refractivity contribution in [3.8, 4) is 11.5 Å². The fourth-order valence-electron chi connectivity index (χ4n) is 3.84. The number of carbonyl (C=O) groups is 1. The lowest BCUT2D eigenvalue weighted by atomic mass is 10.0. The minimum absolute atomic E-state index is 0.207. The van der Waals surface area contributed by atoms with Gasteiger partial charge in [-0.2, -0.15) is 0 Å². The molecule has 2 N–H and O–H groups in total. The smallest absolute Gasteiger partial charge is 0.221 e. The van der Waals surface area contributed by atoms with Gasteiger partial charge >= 0.3 is 0 Å². The van der Waals surface area contributed by atoms with E-state index in [4.69, 9.17) is 15.2 Å². The van der Waals surface area contributed by atoms with Crippen LogP contribution in [0, 0.1) is 5.82 Å². The SMILES string of the molecule is CCN(CC1COc2ccccc2O1)c1ncnc(CCc2ccc(CC(N)=O)cc2)c1F. The van der Waals surface area contributed by atoms with Crippen molar-refractivity contribution in [1.29, 1.82) is 0 Å². The van der Waals surface area contributed by atoms with Crippen molar-refractivity contribution in [2.75, 3.05) is 24.6 Å². The van der Waals surface area contributed by atoms with Crippen molar-refractivity contribution < 1.29 is 18.7 Å². The van der Waals surface area contributed by atoms with E-state index in [-0.39, 0.29) is 24.2 Å². The average molecular weight is 451 g/mol. The topological polar surface area (TPSA) is 90.6 Å². The largest absolute Gasteiger partial charge is 0.486 e. The van der Waals surface area contributed by atoms with Gasteiger partial charge < -0.3 is 20.1 Å². The number of ether oxygens (including phenoxy) is 2. The lowest BCUT2D eigenvalue weighted by molar-refractivity contribution is -0.117. The molecule has 0 fully saturated rings. The maximum atomic E-state index is 15.3. The highest BCUT2D eigenvalue weighted by Gasteiger charge is 2.25. The number of para-hydroxylation sites is 2. The first-order chi connectivity index (χ1) is 16.0. The number of nitrogens with zero attached hydrogens (tertiary/aromatic N) is 3. The number of hydrogen-bond donors (Lipinski definition) is 1. The Bertz CT molecular complexity index is 1110. The molecule has 2 aromatic carbocycles. The Hall–Kier alpha value is -3.68. The summed E-state index contributed by atoms with van der Waals surface area (Å²) in [6, 6.07) is 15.1. The molecule has 1 aliphatic heterocycles. The summed E-state index contributed by atoms with van der Waals surface area (Å²) in [4.78, 5) is 21.3. The molecule has 0 spiro atoms. The number of aryl methyl sites for hydroxylation is 2. The molecule has 1 amide bonds. The number of aromatic nitrogens is 2. The summed E-state index contributed by atoms with van der Waals surface area (Å²) in [5.74, 6) is 0.891. The van der Waals surface area contributed by atoms with E-state index in [1.165, 1.54) is 6.33 Å². The van der Waals surface area contributed by atoms with Gasteiger partial charge in [0.05, 0.1) is 18.7 Å². The van der Waals surface area contributed by atoms with Gasteiger partial charge in [-0.25, -0.2) is 14.4 Å². The first-order valence-corrected chi connectivity index (χ1v) is 11.0. The molecule has 8 heteroatoms. The summed E-state index contributed by atoms with van der Waals surface area (Å²) < 4.78 is 27.1. The third kappa shape index (κ3) is 5.58. The molecule has 0 bridgehead atoms. The number of benzene rings is 2. The maximum Gasteiger partial charge on any atom is 0.221 e. The molecule has 3 aromatic rings. The molecule has 172 valence electrons. The number of hydrogen-bond acceptors (Lipinski definition) is 6. The Labute approximate surface area is 192 Å². The molecular formula is C25H27FN4O3. The molecule has 1 unspecified atom stereocenters. The minimum Gasteiger partial charge on any atom is -0.486 e. The van der Waals surface area contributed by atoms with Gasteiger partial charge in [-0.3, -0.25) is 4.79 Å². The van der Waals surface area contributed by atoms with Gasteiger partial charge in [0.1, 0.15) is 12.9 Å². The van der Waals surface area contributed by atoms with Crippen LogP contribution in [0.15, 0.2) is 54.9 Å². The molecule has 1 aromatic heterocycles. The number of primary amides is 1. The highest BCUT2D eigenvalue weighted by Crippen LogP contribution is 2.31. The van der Waals surface area contributed by atoms with Crippen molar-refractivity contribution in [2.24, 2.45) is 5.73 Å². The van der Waals surface area contributed by atoms with Gasteiger partial charge in [0.2, 0.25) is 5.91 Å². The Balaban J connectivity index is 1.41. The fourth-order valence-corrected chi connectivity index (χ4v) is 3.84. The predicted molar refractivity (Wildman–Crippen MR) is 123 cm³/mol. The van der Waals surface area contributed by atoms with Crippen LogP contribution in [0.4, 0.5) is 10.2 Å². The zero-order valence-corrected chi connectivity index (χ0v) is 18.5. The van der Waals surface area contributed by atoms with Crippen LogP contribution < -0.4 is 20.1 Å². The van der Waals surface area contributed by atoms with Crippen LogP contribution in [0.5, 0.6) is 11.5 Å². The number of halogens is 1. The normalized spacial score (nSPS) is 14.7. The van der Waals surface area contributed by atoms with E-state index in [2.05, 4.69) is 9.97 Å². The van der Waals surface area contributed by atoms with Crippen LogP contribution in [0.1, 0.15) is 23.7 Å². The van der Waals surface area contributed by atoms with Crippen LogP contribution >= 0.6 is 0 Å². The van der Waals surface area contributed by atoms with E-state index < -0.39 is 5.82 Å². The first-order valence-electron chi connectivity index (χ1n) is 11.0. The van der Waals surface area contributed by atoms with Crippen LogP contribution in [-0.2, 0) is 24.1 Å². The molecule has 2 heterocycles. The average Bonchev–Trinajstić information content (AvgIpc) is 2.82. The Morgan fingerprint density at radius 2 is 1.82 bits per heavy atom. The number of likely N-dealkylation sites (N-methyl/N-ethyl adjacent to an activating group) is 1. The van der Waals surface area contributed by atoms with E-state index in [9.17, 15) is 4.79 Å². The van der Waals surface area contributed by atoms with Crippen LogP contribution in [-0.4, -0.2) is 41.7 Å². The second-order valence-electron chi connectivity index (χ2n) is 7.95. The van der Waals surface area contributed by atoms with Gasteiger partial charge in [-0.1, -0.05) is 36.4 Å². The van der Waals surface area contributed by atoms with E-state index in [1.807, 2.05) is 60.4 Å². The molecule has 0 radical (unpaired) electrons. The van der Waals surface area contributed by atoms with E-state index in [1.54, 1.807) is 0 Å². The summed E-state index contributed by atoms with van der Waals surface area (Å²) >= 11 is 0. The lowest BCUT2D eigenvalue weighted by Crippen LogP contribution is -2.41. The second-order valence-corrected chi connectivity index (χ2v) is 7.95. The quantitative estimate of drug-likeness (QED) is 0.539. The predicted octanol–water partition coefficient (Wildman–Crippen LogP) is 3.10. The van der Waals surface area contributed by atoms with Gasteiger partial charge in [0, 0.05) is 6.54 Å². The third-order valence-corrected chi connectivity index (χ3v) is 5.57. The number of nitrogens with two attached hydrogens (primary N) is 1. The summed E-state index contributed by atoms with van der Waals surface area (Å²) in [5.41, 5.74) is 7.48. The molecule has 7 nitrogen and oxygen atoms in total. The Morgan fingerprint density at radius 3 is 2.55 bits per heavy atom. The first kappa shape index (κ1) is 22.5. The van der Waals surface area contributed by atoms with Crippen LogP contribution in [0.3, 0.4) is 0 Å². The molecule has 0 saturated heterocycles. The Kier molecular flexibility index (Phi) is 7.02. The number of carbonyl (C=O) groups excluding carboxylic acids is 1. The number of fused-ring (bicyclic) bond motifs is 1. The third-order valence-electron chi connectivity index (χ3n) is 5.57. The van der Waals surface area contributed by atoms with Crippen LogP contribution in [0.25, 0.3) is 0 Å². The van der Waals surface area contributed by atoms with E-state index >= 15 is 4.39 Å². The molecule has 1 aliphatic rings. The second kappa shape index (κ2) is 10.3. The van der Waals surface area contributed by atoms with Crippen LogP contribution in [0.2, 0.25) is 0 Å². The van der Waals surface area contributed by atoms with Gasteiger partial charge in [-0.15, -0.1) is 0 Å². The summed E-state index contributed by atoms with van der Waals surface area (Å²) in [7, 11) is 0. The molecule has 4 rings (SSSR count). The summed E-state index contributed by atoms with van der Waals surface area (Å²) in [6.45, 7) is 3.35. The standard InChI is InChI=1S/C25H27FN4O3/c1-2-30(14-19-15-32-21-5-3-4-6-22(21)33-19)25-24(26)20(28-16-29-25)12-11-17-7-9-18(10-8-17)13-23(27)31/h3-10,16,19H,2,11-15H2,1H3,(H2,27,31). The molecule has 0 aliphatic carbocycles. The fraction of sp³-hybridized carbons (Fsp3) is 0.320. The van der Waals surface area contributed by atoms with Crippen molar-refractivity contribution in [2.45, 2.75) is 32.3 Å². The zero-order chi connectivity index (χ0) is 23.2. The van der Waals surface area contributed by atoms with Crippen molar-refractivity contribution >= 4 is 11.7 Å². The zero-order valence-electron chi connectivity index (χ0n) is 18.5. The maximum absolute atomic E-state index is 15.3. The molecule has 1 atom stereocenters. The monoisotopic (exact) mass is 450 g/mol. The summed E-state index contributed by atoms with van der Waals surface area (Å²) in [6.07, 6.45) is 2.42. The van der Waals surface area contributed by atoms with Gasteiger partial charge in [-0.05, 0) is 43.0 Å². The number of anilines is 1. The van der Waals surface area contributed by atoms with Crippen molar-refractivity contribution in [3.63, 3.8) is 0 Å². The van der Waals surface area contributed by atoms with Crippen molar-refractivity contribution in [1.82, 2.24) is 9.97 Å². The lowest BCUT2D eigenvalue weighted by Gasteiger charge is -2.31. The number of amides is 1. The molecular weight excluding hydrogens is 423 g/mol. The Morgan fingerprint density at radius 1 is 1.09 bits per heavy atom.